The van der Waals surface area contributed by atoms with Crippen LogP contribution in [-0.2, 0) is 18.5 Å². The standard InChI is InChI=1S/C8H17O4PSi/c1-6-11-8(2,13-10)7(9)12-14(3,4)5/h6H2,1-5H3. The lowest BCUT2D eigenvalue weighted by Gasteiger charge is -2.25. The van der Waals surface area contributed by atoms with Crippen molar-refractivity contribution < 1.29 is 18.5 Å². The third-order valence-corrected chi connectivity index (χ3v) is 2.84. The maximum atomic E-state index is 11.6. The molecule has 0 spiro atoms. The zero-order chi connectivity index (χ0) is 11.4. The Morgan fingerprint density at radius 3 is 2.21 bits per heavy atom. The second kappa shape index (κ2) is 5.00. The zero-order valence-electron chi connectivity index (χ0n) is 9.29. The van der Waals surface area contributed by atoms with Gasteiger partial charge in [-0.3, -0.25) is 4.57 Å². The first-order valence-corrected chi connectivity index (χ1v) is 8.69. The molecule has 0 amide bonds. The molecule has 6 heteroatoms. The molecule has 0 bridgehead atoms. The lowest BCUT2D eigenvalue weighted by Crippen LogP contribution is -2.41. The van der Waals surface area contributed by atoms with Gasteiger partial charge in [0.2, 0.25) is 22.1 Å². The van der Waals surface area contributed by atoms with Gasteiger partial charge in [0.1, 0.15) is 0 Å². The van der Waals surface area contributed by atoms with Gasteiger partial charge in [0.15, 0.2) is 0 Å². The average molecular weight is 236 g/mol. The fourth-order valence-electron chi connectivity index (χ4n) is 0.776. The minimum atomic E-state index is -1.95. The average Bonchev–Trinajstić information content (AvgIpc) is 2.01. The normalized spacial score (nSPS) is 16.4. The van der Waals surface area contributed by atoms with Crippen LogP contribution in [0, 0.1) is 0 Å². The molecule has 0 aliphatic carbocycles. The number of rotatable bonds is 5. The summed E-state index contributed by atoms with van der Waals surface area (Å²) < 4.78 is 21.2. The van der Waals surface area contributed by atoms with Gasteiger partial charge in [0, 0.05) is 6.61 Å². The van der Waals surface area contributed by atoms with Crippen molar-refractivity contribution in [2.24, 2.45) is 0 Å². The molecule has 1 atom stereocenters. The molecule has 4 nitrogen and oxygen atoms in total. The number of ether oxygens (including phenoxy) is 1. The largest absolute Gasteiger partial charge is 0.517 e. The van der Waals surface area contributed by atoms with E-state index in [1.807, 2.05) is 19.6 Å². The SMILES string of the molecule is CCOC(C)(P=O)C(=O)O[Si](C)(C)C. The Kier molecular flexibility index (Phi) is 4.91. The van der Waals surface area contributed by atoms with Crippen molar-refractivity contribution in [3.63, 3.8) is 0 Å². The summed E-state index contributed by atoms with van der Waals surface area (Å²) in [7, 11) is -2.31. The number of hydrogen-bond acceptors (Lipinski definition) is 4. The lowest BCUT2D eigenvalue weighted by molar-refractivity contribution is -0.150. The molecule has 0 heterocycles. The highest BCUT2D eigenvalue weighted by Crippen LogP contribution is 2.27. The molecule has 0 aromatic rings. The first kappa shape index (κ1) is 13.7. The summed E-state index contributed by atoms with van der Waals surface area (Å²) >= 11 is 0. The van der Waals surface area contributed by atoms with E-state index in [0.29, 0.717) is 6.61 Å². The van der Waals surface area contributed by atoms with Crippen LogP contribution in [0.1, 0.15) is 13.8 Å². The molecular formula is C8H17O4PSi. The van der Waals surface area contributed by atoms with Crippen molar-refractivity contribution in [1.82, 2.24) is 0 Å². The topological polar surface area (TPSA) is 52.6 Å². The summed E-state index contributed by atoms with van der Waals surface area (Å²) in [5.41, 5.74) is 0. The van der Waals surface area contributed by atoms with E-state index in [4.69, 9.17) is 9.16 Å². The number of carbonyl (C=O) groups excluding carboxylic acids is 1. The Balaban J connectivity index is 4.54. The van der Waals surface area contributed by atoms with E-state index in [-0.39, 0.29) is 8.46 Å². The fraction of sp³-hybridized carbons (Fsp3) is 0.875. The van der Waals surface area contributed by atoms with E-state index in [1.165, 1.54) is 6.92 Å². The van der Waals surface area contributed by atoms with E-state index >= 15 is 0 Å². The molecule has 0 rings (SSSR count). The van der Waals surface area contributed by atoms with Crippen molar-refractivity contribution >= 4 is 22.7 Å². The Morgan fingerprint density at radius 1 is 1.43 bits per heavy atom. The van der Waals surface area contributed by atoms with Crippen molar-refractivity contribution in [3.05, 3.63) is 0 Å². The number of carbonyl (C=O) groups is 1. The summed E-state index contributed by atoms with van der Waals surface area (Å²) in [5, 5.41) is -1.35. The summed E-state index contributed by atoms with van der Waals surface area (Å²) in [4.78, 5) is 11.6. The third-order valence-electron chi connectivity index (χ3n) is 1.38. The monoisotopic (exact) mass is 236 g/mol. The number of hydrogen-bond donors (Lipinski definition) is 0. The molecule has 0 fully saturated rings. The quantitative estimate of drug-likeness (QED) is 0.543. The zero-order valence-corrected chi connectivity index (χ0v) is 11.2. The van der Waals surface area contributed by atoms with Crippen LogP contribution >= 0.6 is 8.46 Å². The van der Waals surface area contributed by atoms with E-state index in [9.17, 15) is 9.36 Å². The predicted octanol–water partition coefficient (Wildman–Crippen LogP) is 2.41. The summed E-state index contributed by atoms with van der Waals surface area (Å²) in [6, 6.07) is 0. The fourth-order valence-corrected chi connectivity index (χ4v) is 1.92. The van der Waals surface area contributed by atoms with Crippen LogP contribution in [0.15, 0.2) is 0 Å². The maximum Gasteiger partial charge on any atom is 0.337 e. The summed E-state index contributed by atoms with van der Waals surface area (Å²) in [5.74, 6) is -0.546. The van der Waals surface area contributed by atoms with Crippen LogP contribution in [0.2, 0.25) is 19.6 Å². The maximum absolute atomic E-state index is 11.6. The first-order valence-electron chi connectivity index (χ1n) is 4.47. The molecule has 0 saturated carbocycles. The molecule has 0 N–H and O–H groups in total. The Hall–Kier alpha value is -0.253. The molecule has 0 aromatic carbocycles. The van der Waals surface area contributed by atoms with Crippen LogP contribution in [0.3, 0.4) is 0 Å². The summed E-state index contributed by atoms with van der Waals surface area (Å²) in [6.45, 7) is 9.20. The highest BCUT2D eigenvalue weighted by Gasteiger charge is 2.39. The minimum Gasteiger partial charge on any atom is -0.517 e. The Morgan fingerprint density at radius 2 is 1.93 bits per heavy atom. The van der Waals surface area contributed by atoms with Crippen LogP contribution in [0.4, 0.5) is 0 Å². The van der Waals surface area contributed by atoms with Gasteiger partial charge < -0.3 is 9.16 Å². The Labute approximate surface area is 87.3 Å². The molecule has 14 heavy (non-hydrogen) atoms. The molecular weight excluding hydrogens is 219 g/mol. The minimum absolute atomic E-state index is 0.326. The third kappa shape index (κ3) is 4.31. The van der Waals surface area contributed by atoms with E-state index in [1.54, 1.807) is 6.92 Å². The molecule has 0 radical (unpaired) electrons. The smallest absolute Gasteiger partial charge is 0.337 e. The molecule has 82 valence electrons. The molecule has 0 aliphatic heterocycles. The second-order valence-electron chi connectivity index (χ2n) is 4.01. The van der Waals surface area contributed by atoms with Gasteiger partial charge in [-0.1, -0.05) is 0 Å². The van der Waals surface area contributed by atoms with Gasteiger partial charge in [-0.05, 0) is 33.5 Å². The van der Waals surface area contributed by atoms with Crippen molar-refractivity contribution in [2.45, 2.75) is 38.8 Å². The van der Waals surface area contributed by atoms with Crippen LogP contribution in [0.5, 0.6) is 0 Å². The molecule has 0 saturated heterocycles. The molecule has 1 unspecified atom stereocenters. The van der Waals surface area contributed by atoms with Crippen LogP contribution in [-0.4, -0.2) is 26.2 Å². The second-order valence-corrected chi connectivity index (χ2v) is 9.47. The van der Waals surface area contributed by atoms with Crippen molar-refractivity contribution in [1.29, 1.82) is 0 Å². The lowest BCUT2D eigenvalue weighted by atomic mass is 10.4. The van der Waals surface area contributed by atoms with Crippen molar-refractivity contribution in [2.75, 3.05) is 6.61 Å². The van der Waals surface area contributed by atoms with E-state index in [0.717, 1.165) is 0 Å². The van der Waals surface area contributed by atoms with Gasteiger partial charge in [-0.25, -0.2) is 4.79 Å². The van der Waals surface area contributed by atoms with Gasteiger partial charge >= 0.3 is 5.97 Å². The predicted molar refractivity (Wildman–Crippen MR) is 57.1 cm³/mol. The first-order chi connectivity index (χ1) is 6.25. The van der Waals surface area contributed by atoms with E-state index < -0.39 is 19.6 Å². The van der Waals surface area contributed by atoms with Gasteiger partial charge in [-0.15, -0.1) is 0 Å². The van der Waals surface area contributed by atoms with Crippen molar-refractivity contribution in [3.8, 4) is 0 Å². The van der Waals surface area contributed by atoms with Gasteiger partial charge in [-0.2, -0.15) is 0 Å². The summed E-state index contributed by atoms with van der Waals surface area (Å²) in [6.07, 6.45) is 0. The van der Waals surface area contributed by atoms with Crippen LogP contribution < -0.4 is 0 Å². The van der Waals surface area contributed by atoms with Gasteiger partial charge in [0.25, 0.3) is 0 Å². The molecule has 0 aliphatic rings. The van der Waals surface area contributed by atoms with Gasteiger partial charge in [0.05, 0.1) is 0 Å². The molecule has 0 aromatic heterocycles. The highest BCUT2D eigenvalue weighted by atomic mass is 31.1. The Bertz CT molecular complexity index is 226. The van der Waals surface area contributed by atoms with E-state index in [2.05, 4.69) is 0 Å². The highest BCUT2D eigenvalue weighted by molar-refractivity contribution is 7.27. The van der Waals surface area contributed by atoms with Crippen LogP contribution in [0.25, 0.3) is 0 Å².